The van der Waals surface area contributed by atoms with Crippen LogP contribution in [-0.4, -0.2) is 16.4 Å². The number of rotatable bonds is 0. The zero-order chi connectivity index (χ0) is 13.8. The van der Waals surface area contributed by atoms with Gasteiger partial charge in [0.2, 0.25) is 0 Å². The molecule has 0 saturated carbocycles. The highest BCUT2D eigenvalue weighted by Crippen LogP contribution is 2.15. The average molecular weight is 241 g/mol. The lowest BCUT2D eigenvalue weighted by molar-refractivity contribution is 0.604. The molecular formula is C14H31N3. The van der Waals surface area contributed by atoms with E-state index in [0.717, 1.165) is 12.2 Å². The van der Waals surface area contributed by atoms with Crippen molar-refractivity contribution in [3.63, 3.8) is 0 Å². The lowest BCUT2D eigenvalue weighted by Gasteiger charge is -2.15. The van der Waals surface area contributed by atoms with Gasteiger partial charge in [-0.3, -0.25) is 0 Å². The van der Waals surface area contributed by atoms with Crippen molar-refractivity contribution in [2.45, 2.75) is 68.2 Å². The molecule has 3 nitrogen and oxygen atoms in total. The van der Waals surface area contributed by atoms with E-state index in [1.165, 1.54) is 24.1 Å². The number of nitrogens with one attached hydrogen (secondary N) is 1. The molecule has 3 heteroatoms. The van der Waals surface area contributed by atoms with Crippen molar-refractivity contribution in [3.8, 4) is 0 Å². The molecule has 0 radical (unpaired) electrons. The largest absolute Gasteiger partial charge is 0.310 e. The third-order valence-electron chi connectivity index (χ3n) is 2.33. The SMILES string of the molecule is CC.CC.CC.Cc1nn2c(c1C)CCCN2. The van der Waals surface area contributed by atoms with E-state index in [4.69, 9.17) is 0 Å². The standard InChI is InChI=1S/C8H13N3.3C2H6/c1-6-7(2)10-11-8(6)4-3-5-9-11;3*1-2/h9H,3-5H2,1-2H3;3*1-2H3. The van der Waals surface area contributed by atoms with E-state index in [9.17, 15) is 0 Å². The molecule has 2 heterocycles. The zero-order valence-corrected chi connectivity index (χ0v) is 13.0. The molecule has 1 aromatic heterocycles. The molecule has 102 valence electrons. The molecule has 0 fully saturated rings. The molecular weight excluding hydrogens is 210 g/mol. The van der Waals surface area contributed by atoms with Gasteiger partial charge in [-0.1, -0.05) is 41.5 Å². The summed E-state index contributed by atoms with van der Waals surface area (Å²) in [5.41, 5.74) is 7.08. The van der Waals surface area contributed by atoms with Gasteiger partial charge in [0.15, 0.2) is 0 Å². The summed E-state index contributed by atoms with van der Waals surface area (Å²) in [5, 5.41) is 4.36. The Bertz CT molecular complexity index is 277. The van der Waals surface area contributed by atoms with Gasteiger partial charge in [-0.05, 0) is 32.3 Å². The summed E-state index contributed by atoms with van der Waals surface area (Å²) >= 11 is 0. The fourth-order valence-electron chi connectivity index (χ4n) is 1.52. The first-order valence-corrected chi connectivity index (χ1v) is 7.08. The van der Waals surface area contributed by atoms with E-state index in [2.05, 4.69) is 24.4 Å². The predicted molar refractivity (Wildman–Crippen MR) is 78.3 cm³/mol. The van der Waals surface area contributed by atoms with Crippen LogP contribution in [0.25, 0.3) is 0 Å². The molecule has 2 rings (SSSR count). The van der Waals surface area contributed by atoms with E-state index in [1.807, 2.05) is 46.3 Å². The fraction of sp³-hybridized carbons (Fsp3) is 0.786. The van der Waals surface area contributed by atoms with E-state index in [-0.39, 0.29) is 0 Å². The third kappa shape index (κ3) is 5.24. The van der Waals surface area contributed by atoms with Gasteiger partial charge in [0.05, 0.1) is 11.4 Å². The van der Waals surface area contributed by atoms with Crippen molar-refractivity contribution in [1.29, 1.82) is 0 Å². The minimum absolute atomic E-state index is 1.05. The Labute approximate surface area is 108 Å². The van der Waals surface area contributed by atoms with Gasteiger partial charge >= 0.3 is 0 Å². The second-order valence-corrected chi connectivity index (χ2v) is 3.08. The Morgan fingerprint density at radius 1 is 1.00 bits per heavy atom. The molecule has 0 aliphatic carbocycles. The van der Waals surface area contributed by atoms with Crippen LogP contribution in [0.3, 0.4) is 0 Å². The fourth-order valence-corrected chi connectivity index (χ4v) is 1.52. The first-order chi connectivity index (χ1) is 8.29. The first kappa shape index (κ1) is 18.4. The molecule has 1 aliphatic heterocycles. The molecule has 0 atom stereocenters. The average Bonchev–Trinajstić information content (AvgIpc) is 2.73. The summed E-state index contributed by atoms with van der Waals surface area (Å²) in [7, 11) is 0. The molecule has 17 heavy (non-hydrogen) atoms. The van der Waals surface area contributed by atoms with Gasteiger partial charge in [-0.15, -0.1) is 0 Å². The van der Waals surface area contributed by atoms with Gasteiger partial charge in [-0.25, -0.2) is 0 Å². The monoisotopic (exact) mass is 241 g/mol. The van der Waals surface area contributed by atoms with E-state index in [0.29, 0.717) is 0 Å². The summed E-state index contributed by atoms with van der Waals surface area (Å²) in [6, 6.07) is 0. The van der Waals surface area contributed by atoms with Crippen LogP contribution in [0.2, 0.25) is 0 Å². The van der Waals surface area contributed by atoms with Crippen molar-refractivity contribution in [1.82, 2.24) is 9.89 Å². The molecule has 1 aromatic rings. The van der Waals surface area contributed by atoms with Gasteiger partial charge in [0.1, 0.15) is 0 Å². The van der Waals surface area contributed by atoms with Crippen LogP contribution in [0, 0.1) is 13.8 Å². The predicted octanol–water partition coefficient (Wildman–Crippen LogP) is 4.07. The quantitative estimate of drug-likeness (QED) is 0.742. The molecule has 0 unspecified atom stereocenters. The van der Waals surface area contributed by atoms with Crippen LogP contribution in [0.4, 0.5) is 0 Å². The van der Waals surface area contributed by atoms with Crippen LogP contribution >= 0.6 is 0 Å². The molecule has 1 N–H and O–H groups in total. The normalized spacial score (nSPS) is 11.3. The summed E-state index contributed by atoms with van der Waals surface area (Å²) < 4.78 is 0. The molecule has 0 aromatic carbocycles. The minimum atomic E-state index is 1.05. The molecule has 1 aliphatic rings. The molecule has 0 amide bonds. The Hall–Kier alpha value is -0.990. The molecule has 0 saturated heterocycles. The number of nitrogens with zero attached hydrogens (tertiary/aromatic N) is 2. The summed E-state index contributed by atoms with van der Waals surface area (Å²) in [6.07, 6.45) is 2.39. The number of aryl methyl sites for hydroxylation is 1. The Kier molecular flexibility index (Phi) is 12.4. The van der Waals surface area contributed by atoms with Crippen molar-refractivity contribution < 1.29 is 0 Å². The number of hydrogen-bond donors (Lipinski definition) is 1. The van der Waals surface area contributed by atoms with Gasteiger partial charge in [0.25, 0.3) is 0 Å². The van der Waals surface area contributed by atoms with Crippen LogP contribution in [0.1, 0.15) is 64.9 Å². The smallest absolute Gasteiger partial charge is 0.0652 e. The lowest BCUT2D eigenvalue weighted by Crippen LogP contribution is -2.25. The number of aromatic nitrogens is 2. The van der Waals surface area contributed by atoms with Gasteiger partial charge in [0, 0.05) is 6.54 Å². The topological polar surface area (TPSA) is 29.9 Å². The van der Waals surface area contributed by atoms with Crippen LogP contribution < -0.4 is 5.43 Å². The van der Waals surface area contributed by atoms with E-state index < -0.39 is 0 Å². The Balaban J connectivity index is 0. The summed E-state index contributed by atoms with van der Waals surface area (Å²) in [6.45, 7) is 17.2. The maximum Gasteiger partial charge on any atom is 0.0652 e. The highest BCUT2D eigenvalue weighted by molar-refractivity contribution is 5.25. The third-order valence-corrected chi connectivity index (χ3v) is 2.33. The maximum atomic E-state index is 4.36. The van der Waals surface area contributed by atoms with Crippen LogP contribution in [-0.2, 0) is 6.42 Å². The second kappa shape index (κ2) is 11.5. The Morgan fingerprint density at radius 3 is 2.00 bits per heavy atom. The first-order valence-electron chi connectivity index (χ1n) is 7.08. The van der Waals surface area contributed by atoms with Crippen LogP contribution in [0.15, 0.2) is 0 Å². The molecule has 0 bridgehead atoms. The minimum Gasteiger partial charge on any atom is -0.310 e. The molecule has 0 spiro atoms. The van der Waals surface area contributed by atoms with Crippen LogP contribution in [0.5, 0.6) is 0 Å². The van der Waals surface area contributed by atoms with Gasteiger partial charge in [-0.2, -0.15) is 9.89 Å². The van der Waals surface area contributed by atoms with Gasteiger partial charge < -0.3 is 5.43 Å². The highest BCUT2D eigenvalue weighted by atomic mass is 15.6. The van der Waals surface area contributed by atoms with E-state index >= 15 is 0 Å². The second-order valence-electron chi connectivity index (χ2n) is 3.08. The van der Waals surface area contributed by atoms with E-state index in [1.54, 1.807) is 0 Å². The maximum absolute atomic E-state index is 4.36. The van der Waals surface area contributed by atoms with Crippen molar-refractivity contribution in [3.05, 3.63) is 17.0 Å². The summed E-state index contributed by atoms with van der Waals surface area (Å²) in [5.74, 6) is 0. The zero-order valence-electron chi connectivity index (χ0n) is 13.0. The number of hydrogen-bond acceptors (Lipinski definition) is 2. The lowest BCUT2D eigenvalue weighted by atomic mass is 10.1. The number of fused-ring (bicyclic) bond motifs is 1. The van der Waals surface area contributed by atoms with Crippen molar-refractivity contribution in [2.24, 2.45) is 0 Å². The summed E-state index contributed by atoms with van der Waals surface area (Å²) in [4.78, 5) is 1.92. The Morgan fingerprint density at radius 2 is 1.53 bits per heavy atom. The van der Waals surface area contributed by atoms with Crippen molar-refractivity contribution >= 4 is 0 Å². The highest BCUT2D eigenvalue weighted by Gasteiger charge is 2.13. The van der Waals surface area contributed by atoms with Crippen molar-refractivity contribution in [2.75, 3.05) is 12.0 Å².